The molecule has 0 saturated carbocycles. The summed E-state index contributed by atoms with van der Waals surface area (Å²) in [5.41, 5.74) is 2.44. The molecule has 0 radical (unpaired) electrons. The van der Waals surface area contributed by atoms with Gasteiger partial charge >= 0.3 is 0 Å². The normalized spacial score (nSPS) is 14.9. The lowest BCUT2D eigenvalue weighted by molar-refractivity contribution is -0.117. The van der Waals surface area contributed by atoms with Gasteiger partial charge < -0.3 is 19.3 Å². The first kappa shape index (κ1) is 27.0. The highest BCUT2D eigenvalue weighted by Gasteiger charge is 2.45. The molecule has 2 heterocycles. The monoisotopic (exact) mass is 556 g/mol. The van der Waals surface area contributed by atoms with Crippen LogP contribution < -0.4 is 19.1 Å². The quantitative estimate of drug-likeness (QED) is 0.241. The van der Waals surface area contributed by atoms with Gasteiger partial charge in [0.15, 0.2) is 17.3 Å². The third-order valence-corrected chi connectivity index (χ3v) is 7.84. The van der Waals surface area contributed by atoms with Crippen LogP contribution in [0.4, 0.5) is 5.69 Å². The van der Waals surface area contributed by atoms with Gasteiger partial charge in [0.05, 0.1) is 43.0 Å². The molecular weight excluding hydrogens is 528 g/mol. The fourth-order valence-corrected chi connectivity index (χ4v) is 5.75. The predicted octanol–water partition coefficient (Wildman–Crippen LogP) is 6.32. The minimum atomic E-state index is -0.930. The Kier molecular flexibility index (Phi) is 7.57. The zero-order valence-corrected chi connectivity index (χ0v) is 23.3. The lowest BCUT2D eigenvalue weighted by Crippen LogP contribution is -2.31. The molecule has 3 aromatic carbocycles. The van der Waals surface area contributed by atoms with Crippen molar-refractivity contribution in [1.29, 1.82) is 0 Å². The number of rotatable bonds is 9. The molecule has 1 unspecified atom stereocenters. The average Bonchev–Trinajstić information content (AvgIpc) is 3.50. The number of hydrogen-bond acceptors (Lipinski definition) is 8. The summed E-state index contributed by atoms with van der Waals surface area (Å²) in [5.74, 6) is -0.164. The third-order valence-electron chi connectivity index (χ3n) is 6.63. The van der Waals surface area contributed by atoms with E-state index in [1.54, 1.807) is 56.5 Å². The minimum Gasteiger partial charge on any atom is -0.503 e. The van der Waals surface area contributed by atoms with Crippen molar-refractivity contribution in [1.82, 2.24) is 4.98 Å². The van der Waals surface area contributed by atoms with Crippen molar-refractivity contribution in [3.8, 4) is 27.8 Å². The number of carbonyl (C=O) groups is 2. The number of anilines is 1. The van der Waals surface area contributed by atoms with Crippen LogP contribution in [0, 0.1) is 6.92 Å². The molecular formula is C31H28N2O6S. The first-order valence-corrected chi connectivity index (χ1v) is 13.5. The number of aliphatic hydroxyl groups is 1. The Hall–Kier alpha value is -4.63. The first-order chi connectivity index (χ1) is 19.4. The summed E-state index contributed by atoms with van der Waals surface area (Å²) in [4.78, 5) is 34.1. The van der Waals surface area contributed by atoms with Crippen molar-refractivity contribution in [3.05, 3.63) is 100 Å². The van der Waals surface area contributed by atoms with E-state index >= 15 is 0 Å². The molecule has 4 aromatic rings. The number of Topliss-reactive ketones (excluding diaryl/α,β-unsaturated/α-hetero) is 1. The number of aliphatic hydroxyl groups excluding tert-OH is 1. The number of nitrogens with zero attached hydrogens (tertiary/aromatic N) is 2. The van der Waals surface area contributed by atoms with Crippen LogP contribution in [-0.4, -0.2) is 42.6 Å². The Morgan fingerprint density at radius 3 is 2.38 bits per heavy atom. The Balaban J connectivity index is 1.65. The van der Waals surface area contributed by atoms with Crippen LogP contribution >= 0.6 is 11.3 Å². The molecule has 40 heavy (non-hydrogen) atoms. The average molecular weight is 557 g/mol. The second kappa shape index (κ2) is 11.2. The summed E-state index contributed by atoms with van der Waals surface area (Å²) in [6.45, 7) is 3.99. The zero-order valence-electron chi connectivity index (χ0n) is 22.5. The van der Waals surface area contributed by atoms with E-state index in [1.807, 2.05) is 37.3 Å². The molecule has 0 aliphatic carbocycles. The lowest BCUT2D eigenvalue weighted by atomic mass is 9.94. The highest BCUT2D eigenvalue weighted by molar-refractivity contribution is 7.17. The van der Waals surface area contributed by atoms with Crippen LogP contribution in [0.3, 0.4) is 0 Å². The molecule has 0 spiro atoms. The number of ether oxygens (including phenoxy) is 3. The zero-order chi connectivity index (χ0) is 28.4. The number of benzene rings is 3. The molecule has 8 nitrogen and oxygen atoms in total. The summed E-state index contributed by atoms with van der Waals surface area (Å²) in [6.07, 6.45) is 0. The third kappa shape index (κ3) is 4.80. The van der Waals surface area contributed by atoms with Gasteiger partial charge in [-0.25, -0.2) is 4.98 Å². The number of methoxy groups -OCH3 is 2. The van der Waals surface area contributed by atoms with Gasteiger partial charge in [0.2, 0.25) is 5.78 Å². The highest BCUT2D eigenvalue weighted by atomic mass is 32.1. The molecule has 5 rings (SSSR count). The predicted molar refractivity (Wildman–Crippen MR) is 154 cm³/mol. The number of thiazole rings is 1. The van der Waals surface area contributed by atoms with Crippen LogP contribution in [-0.2, 0) is 4.79 Å². The number of carbonyl (C=O) groups excluding carboxylic acids is 2. The number of amides is 1. The van der Waals surface area contributed by atoms with E-state index in [9.17, 15) is 14.7 Å². The van der Waals surface area contributed by atoms with E-state index in [4.69, 9.17) is 14.2 Å². The van der Waals surface area contributed by atoms with Crippen LogP contribution in [0.15, 0.2) is 84.1 Å². The van der Waals surface area contributed by atoms with E-state index in [-0.39, 0.29) is 5.57 Å². The van der Waals surface area contributed by atoms with E-state index in [1.165, 1.54) is 23.3 Å². The molecule has 1 aromatic heterocycles. The number of hydrogen-bond donors (Lipinski definition) is 1. The lowest BCUT2D eigenvalue weighted by Gasteiger charge is -2.27. The van der Waals surface area contributed by atoms with Gasteiger partial charge in [0.1, 0.15) is 10.8 Å². The molecule has 1 aliphatic heterocycles. The molecule has 1 amide bonds. The second-order valence-electron chi connectivity index (χ2n) is 9.01. The molecule has 9 heteroatoms. The standard InChI is InChI=1S/C31H28N2O6S/c1-5-39-24-17-20(11-16-23(24)38-4)26-25(28(35)31(36)33(26)21-12-14-22(37-3)15-13-21)27(34)29-18(2)32-30(40-29)19-9-7-6-8-10-19/h6-17,26,35H,5H2,1-4H3. The van der Waals surface area contributed by atoms with Crippen molar-refractivity contribution in [2.45, 2.75) is 19.9 Å². The van der Waals surface area contributed by atoms with Crippen molar-refractivity contribution >= 4 is 28.7 Å². The van der Waals surface area contributed by atoms with Crippen LogP contribution in [0.5, 0.6) is 17.2 Å². The smallest absolute Gasteiger partial charge is 0.294 e. The van der Waals surface area contributed by atoms with Gasteiger partial charge in [-0.3, -0.25) is 14.5 Å². The summed E-state index contributed by atoms with van der Waals surface area (Å²) in [7, 11) is 3.09. The van der Waals surface area contributed by atoms with Crippen molar-refractivity contribution in [3.63, 3.8) is 0 Å². The summed E-state index contributed by atoms with van der Waals surface area (Å²) >= 11 is 1.23. The summed E-state index contributed by atoms with van der Waals surface area (Å²) < 4.78 is 16.5. The molecule has 0 bridgehead atoms. The maximum atomic E-state index is 14.2. The number of aromatic nitrogens is 1. The number of aryl methyl sites for hydroxylation is 1. The minimum absolute atomic E-state index is 0.0280. The van der Waals surface area contributed by atoms with Gasteiger partial charge in [0, 0.05) is 11.3 Å². The first-order valence-electron chi connectivity index (χ1n) is 12.7. The van der Waals surface area contributed by atoms with Gasteiger partial charge in [0.25, 0.3) is 5.91 Å². The number of ketones is 1. The summed E-state index contributed by atoms with van der Waals surface area (Å²) in [5, 5.41) is 11.9. The molecule has 1 aliphatic rings. The van der Waals surface area contributed by atoms with Crippen LogP contribution in [0.25, 0.3) is 10.6 Å². The second-order valence-corrected chi connectivity index (χ2v) is 10.0. The van der Waals surface area contributed by atoms with Gasteiger partial charge in [-0.1, -0.05) is 36.4 Å². The van der Waals surface area contributed by atoms with Crippen molar-refractivity contribution in [2.75, 3.05) is 25.7 Å². The fourth-order valence-electron chi connectivity index (χ4n) is 4.73. The molecule has 0 fully saturated rings. The largest absolute Gasteiger partial charge is 0.503 e. The van der Waals surface area contributed by atoms with Crippen molar-refractivity contribution < 1.29 is 28.9 Å². The maximum absolute atomic E-state index is 14.2. The van der Waals surface area contributed by atoms with Gasteiger partial charge in [-0.15, -0.1) is 11.3 Å². The van der Waals surface area contributed by atoms with E-state index in [0.717, 1.165) is 5.56 Å². The van der Waals surface area contributed by atoms with Crippen LogP contribution in [0.2, 0.25) is 0 Å². The Bertz CT molecular complexity index is 1590. The van der Waals surface area contributed by atoms with E-state index in [0.29, 0.717) is 50.7 Å². The SMILES string of the molecule is CCOc1cc(C2C(C(=O)c3sc(-c4ccccc4)nc3C)=C(O)C(=O)N2c2ccc(OC)cc2)ccc1OC. The van der Waals surface area contributed by atoms with E-state index in [2.05, 4.69) is 4.98 Å². The Labute approximate surface area is 236 Å². The van der Waals surface area contributed by atoms with E-state index < -0.39 is 23.5 Å². The van der Waals surface area contributed by atoms with Gasteiger partial charge in [-0.2, -0.15) is 0 Å². The van der Waals surface area contributed by atoms with Crippen LogP contribution in [0.1, 0.15) is 33.9 Å². The van der Waals surface area contributed by atoms with Gasteiger partial charge in [-0.05, 0) is 55.8 Å². The maximum Gasteiger partial charge on any atom is 0.294 e. The molecule has 1 N–H and O–H groups in total. The Morgan fingerprint density at radius 2 is 1.73 bits per heavy atom. The summed E-state index contributed by atoms with van der Waals surface area (Å²) in [6, 6.07) is 20.7. The fraction of sp³-hybridized carbons (Fsp3) is 0.194. The topological polar surface area (TPSA) is 98.2 Å². The van der Waals surface area contributed by atoms with Crippen molar-refractivity contribution in [2.24, 2.45) is 0 Å². The molecule has 204 valence electrons. The molecule has 1 atom stereocenters. The highest BCUT2D eigenvalue weighted by Crippen LogP contribution is 2.45. The molecule has 0 saturated heterocycles. The Morgan fingerprint density at radius 1 is 1.00 bits per heavy atom.